The molecule has 6 heteroatoms. The van der Waals surface area contributed by atoms with Crippen LogP contribution in [-0.4, -0.2) is 20.5 Å². The molecule has 2 heterocycles. The summed E-state index contributed by atoms with van der Waals surface area (Å²) >= 11 is 7.01. The minimum atomic E-state index is -0.735. The highest BCUT2D eigenvalue weighted by Crippen LogP contribution is 2.14. The summed E-state index contributed by atoms with van der Waals surface area (Å²) in [5.41, 5.74) is 0.182. The van der Waals surface area contributed by atoms with E-state index in [0.29, 0.717) is 11.5 Å². The van der Waals surface area contributed by atoms with Crippen molar-refractivity contribution in [2.24, 2.45) is 0 Å². The van der Waals surface area contributed by atoms with Gasteiger partial charge in [0.15, 0.2) is 0 Å². The molecule has 0 fully saturated rings. The van der Waals surface area contributed by atoms with Gasteiger partial charge >= 0.3 is 0 Å². The summed E-state index contributed by atoms with van der Waals surface area (Å²) in [6.45, 7) is 2.00. The van der Waals surface area contributed by atoms with Crippen LogP contribution in [0.4, 0.5) is 0 Å². The molecule has 0 aromatic carbocycles. The van der Waals surface area contributed by atoms with Gasteiger partial charge in [-0.2, -0.15) is 0 Å². The third kappa shape index (κ3) is 2.42. The average molecular weight is 283 g/mol. The number of pyridine rings is 2. The second-order valence-electron chi connectivity index (χ2n) is 3.60. The molecule has 0 saturated carbocycles. The Hall–Kier alpha value is -1.33. The summed E-state index contributed by atoms with van der Waals surface area (Å²) in [6.07, 6.45) is 1.62. The fourth-order valence-electron chi connectivity index (χ4n) is 1.65. The number of hydrogen-bond acceptors (Lipinski definition) is 4. The van der Waals surface area contributed by atoms with Crippen LogP contribution in [0, 0.1) is 0 Å². The van der Waals surface area contributed by atoms with E-state index in [1.165, 1.54) is 10.6 Å². The van der Waals surface area contributed by atoms with E-state index in [1.807, 2.05) is 6.92 Å². The number of hydrogen-bond donors (Lipinski definition) is 0. The highest BCUT2D eigenvalue weighted by molar-refractivity contribution is 7.98. The van der Waals surface area contributed by atoms with Crippen LogP contribution in [0.2, 0.25) is 0 Å². The van der Waals surface area contributed by atoms with Gasteiger partial charge in [-0.3, -0.25) is 14.2 Å². The Balaban J connectivity index is 2.73. The molecule has 0 radical (unpaired) electrons. The maximum atomic E-state index is 12.1. The zero-order chi connectivity index (χ0) is 13.1. The predicted molar refractivity (Wildman–Crippen MR) is 74.3 cm³/mol. The van der Waals surface area contributed by atoms with Gasteiger partial charge in [0.2, 0.25) is 0 Å². The summed E-state index contributed by atoms with van der Waals surface area (Å²) in [6, 6.07) is 5.05. The summed E-state index contributed by atoms with van der Waals surface area (Å²) < 4.78 is 1.49. The van der Waals surface area contributed by atoms with Gasteiger partial charge in [0, 0.05) is 11.6 Å². The van der Waals surface area contributed by atoms with E-state index in [9.17, 15) is 9.59 Å². The van der Waals surface area contributed by atoms with E-state index in [-0.39, 0.29) is 11.1 Å². The molecule has 0 saturated heterocycles. The van der Waals surface area contributed by atoms with E-state index in [1.54, 1.807) is 30.1 Å². The summed E-state index contributed by atoms with van der Waals surface area (Å²) in [4.78, 5) is 27.6. The molecule has 0 spiro atoms. The quantitative estimate of drug-likeness (QED) is 0.809. The molecule has 18 heavy (non-hydrogen) atoms. The summed E-state index contributed by atoms with van der Waals surface area (Å²) in [5.74, 6) is 1.33. The maximum Gasteiger partial charge on any atom is 0.265 e. The third-order valence-electron chi connectivity index (χ3n) is 2.48. The van der Waals surface area contributed by atoms with E-state index in [0.717, 1.165) is 11.1 Å². The number of carbonyl (C=O) groups is 1. The number of carbonyl (C=O) groups excluding carboxylic acids is 1. The number of thioether (sulfide) groups is 1. The number of nitrogens with zero attached hydrogens (tertiary/aromatic N) is 2. The van der Waals surface area contributed by atoms with Crippen LogP contribution in [0.25, 0.3) is 11.0 Å². The highest BCUT2D eigenvalue weighted by Gasteiger charge is 2.14. The largest absolute Gasteiger partial charge is 0.282 e. The van der Waals surface area contributed by atoms with Gasteiger partial charge in [-0.1, -0.05) is 6.92 Å². The maximum absolute atomic E-state index is 12.1. The molecule has 2 rings (SSSR count). The first-order valence-corrected chi connectivity index (χ1v) is 6.94. The molecule has 0 amide bonds. The van der Waals surface area contributed by atoms with Gasteiger partial charge in [0.05, 0.1) is 5.88 Å². The smallest absolute Gasteiger partial charge is 0.265 e. The van der Waals surface area contributed by atoms with Gasteiger partial charge < -0.3 is 0 Å². The van der Waals surface area contributed by atoms with Crippen LogP contribution < -0.4 is 5.56 Å². The average Bonchev–Trinajstić information content (AvgIpc) is 2.37. The van der Waals surface area contributed by atoms with Crippen molar-refractivity contribution in [3.05, 3.63) is 40.3 Å². The molecule has 0 unspecified atom stereocenters. The minimum absolute atomic E-state index is 0.00568. The lowest BCUT2D eigenvalue weighted by Gasteiger charge is -2.09. The van der Waals surface area contributed by atoms with Crippen LogP contribution in [0.1, 0.15) is 17.3 Å². The van der Waals surface area contributed by atoms with Gasteiger partial charge in [0.25, 0.3) is 10.8 Å². The first-order chi connectivity index (χ1) is 8.65. The third-order valence-corrected chi connectivity index (χ3v) is 3.54. The van der Waals surface area contributed by atoms with Crippen molar-refractivity contribution in [3.8, 4) is 0 Å². The highest BCUT2D eigenvalue weighted by atomic mass is 35.5. The Morgan fingerprint density at radius 2 is 2.33 bits per heavy atom. The van der Waals surface area contributed by atoms with Crippen LogP contribution in [0.5, 0.6) is 0 Å². The van der Waals surface area contributed by atoms with Crippen molar-refractivity contribution in [3.63, 3.8) is 0 Å². The summed E-state index contributed by atoms with van der Waals surface area (Å²) in [5, 5.41) is -0.00111. The lowest BCUT2D eigenvalue weighted by atomic mass is 10.2. The Labute approximate surface area is 113 Å². The molecule has 2 aromatic rings. The molecule has 0 aliphatic rings. The number of aromatic nitrogens is 2. The van der Waals surface area contributed by atoms with Crippen LogP contribution in [0.3, 0.4) is 0 Å². The predicted octanol–water partition coefficient (Wildman–Crippen LogP) is 2.49. The molecule has 2 aromatic heterocycles. The Morgan fingerprint density at radius 3 is 3.00 bits per heavy atom. The van der Waals surface area contributed by atoms with Crippen LogP contribution >= 0.6 is 23.4 Å². The monoisotopic (exact) mass is 282 g/mol. The van der Waals surface area contributed by atoms with E-state index < -0.39 is 5.24 Å². The Kier molecular flexibility index (Phi) is 4.04. The van der Waals surface area contributed by atoms with Gasteiger partial charge in [-0.25, -0.2) is 4.98 Å². The second-order valence-corrected chi connectivity index (χ2v) is 5.19. The molecule has 0 aliphatic heterocycles. The lowest BCUT2D eigenvalue weighted by molar-refractivity contribution is 0.108. The molecule has 0 atom stereocenters. The molecular formula is C12H11ClN2O2S. The van der Waals surface area contributed by atoms with Crippen molar-refractivity contribution in [2.75, 3.05) is 5.75 Å². The Bertz CT molecular complexity index is 654. The fourth-order valence-corrected chi connectivity index (χ4v) is 2.39. The molecular weight excluding hydrogens is 272 g/mol. The topological polar surface area (TPSA) is 52.0 Å². The zero-order valence-electron chi connectivity index (χ0n) is 9.72. The van der Waals surface area contributed by atoms with E-state index in [4.69, 9.17) is 11.6 Å². The second kappa shape index (κ2) is 5.54. The molecule has 0 bridgehead atoms. The first-order valence-electron chi connectivity index (χ1n) is 5.41. The summed E-state index contributed by atoms with van der Waals surface area (Å²) in [7, 11) is 0. The van der Waals surface area contributed by atoms with Gasteiger partial charge in [0.1, 0.15) is 11.2 Å². The molecule has 0 aliphatic carbocycles. The first kappa shape index (κ1) is 13.1. The standard InChI is InChI=1S/C12H11ClN2O2S/c1-2-18-7-15-11-8(4-3-5-14-11)6-9(10(13)16)12(15)17/h3-6H,2,7H2,1H3. The van der Waals surface area contributed by atoms with Crippen molar-refractivity contribution in [2.45, 2.75) is 12.8 Å². The van der Waals surface area contributed by atoms with Crippen molar-refractivity contribution in [1.29, 1.82) is 0 Å². The number of halogens is 1. The van der Waals surface area contributed by atoms with Crippen molar-refractivity contribution < 1.29 is 4.79 Å². The molecule has 94 valence electrons. The molecule has 4 nitrogen and oxygen atoms in total. The number of fused-ring (bicyclic) bond motifs is 1. The van der Waals surface area contributed by atoms with Crippen LogP contribution in [0.15, 0.2) is 29.2 Å². The molecule has 0 N–H and O–H groups in total. The fraction of sp³-hybridized carbons (Fsp3) is 0.250. The number of rotatable bonds is 4. The normalized spacial score (nSPS) is 10.8. The van der Waals surface area contributed by atoms with Gasteiger partial charge in [-0.15, -0.1) is 11.8 Å². The Morgan fingerprint density at radius 1 is 1.56 bits per heavy atom. The van der Waals surface area contributed by atoms with E-state index >= 15 is 0 Å². The minimum Gasteiger partial charge on any atom is -0.282 e. The van der Waals surface area contributed by atoms with Crippen molar-refractivity contribution in [1.82, 2.24) is 9.55 Å². The SMILES string of the molecule is CCSCn1c(=O)c(C(=O)Cl)cc2cccnc21. The zero-order valence-corrected chi connectivity index (χ0v) is 11.3. The lowest BCUT2D eigenvalue weighted by Crippen LogP contribution is -2.25. The van der Waals surface area contributed by atoms with Crippen LogP contribution in [-0.2, 0) is 5.88 Å². The van der Waals surface area contributed by atoms with Crippen molar-refractivity contribution >= 4 is 39.6 Å². The van der Waals surface area contributed by atoms with E-state index in [2.05, 4.69) is 4.98 Å². The van der Waals surface area contributed by atoms with Gasteiger partial charge in [-0.05, 0) is 35.6 Å².